The van der Waals surface area contributed by atoms with E-state index in [1.807, 2.05) is 30.0 Å². The van der Waals surface area contributed by atoms with Crippen LogP contribution in [0, 0.1) is 11.6 Å². The second-order valence-electron chi connectivity index (χ2n) is 22.0. The van der Waals surface area contributed by atoms with Gasteiger partial charge in [0.15, 0.2) is 12.6 Å². The molecule has 2 amide bonds. The van der Waals surface area contributed by atoms with Crippen LogP contribution in [0.2, 0.25) is 0 Å². The number of hydrogen-bond acceptors (Lipinski definition) is 14. The van der Waals surface area contributed by atoms with Gasteiger partial charge in [0.1, 0.15) is 41.2 Å². The molecule has 0 spiro atoms. The Morgan fingerprint density at radius 2 is 1.75 bits per heavy atom. The van der Waals surface area contributed by atoms with Crippen molar-refractivity contribution in [1.82, 2.24) is 39.2 Å². The van der Waals surface area contributed by atoms with E-state index in [1.165, 1.54) is 17.7 Å². The van der Waals surface area contributed by atoms with Crippen LogP contribution in [0.3, 0.4) is 0 Å². The molecule has 5 fully saturated rings. The van der Waals surface area contributed by atoms with Crippen molar-refractivity contribution < 1.29 is 42.4 Å². The number of β-amino-alcohol motifs (C(OH)–C–C–N with tert-alkyl or cyclic N) is 1. The number of aromatic nitrogens is 5. The van der Waals surface area contributed by atoms with Crippen LogP contribution in [0.15, 0.2) is 53.5 Å². The van der Waals surface area contributed by atoms with E-state index in [2.05, 4.69) is 15.1 Å². The predicted octanol–water partition coefficient (Wildman–Crippen LogP) is 7.14. The lowest BCUT2D eigenvalue weighted by atomic mass is 9.94. The SMILES string of the molecule is CCc1c(F)ccc2cc(OCOC)cc(-c3ncc4c(N5CCC[C@@](C)(O)C5)nc(OC[C@]56CCCN5[C@H](CN5CCC(OCCCc7ccc8c(c7)n(C)c(=O)n8C7CCC(=O)NC7=O)CC5)CC6)nc4c3F)c12. The van der Waals surface area contributed by atoms with E-state index in [9.17, 15) is 19.5 Å². The van der Waals surface area contributed by atoms with Gasteiger partial charge in [0.25, 0.3) is 0 Å². The molecule has 404 valence electrons. The molecule has 0 saturated carbocycles. The second-order valence-corrected chi connectivity index (χ2v) is 22.0. The highest BCUT2D eigenvalue weighted by atomic mass is 19.1. The van der Waals surface area contributed by atoms with Crippen LogP contribution >= 0.6 is 0 Å². The van der Waals surface area contributed by atoms with E-state index in [1.54, 1.807) is 42.9 Å². The molecule has 5 aliphatic rings. The molecule has 8 heterocycles. The lowest BCUT2D eigenvalue weighted by Crippen LogP contribution is -2.51. The van der Waals surface area contributed by atoms with Gasteiger partial charge in [-0.25, -0.2) is 13.6 Å². The van der Waals surface area contributed by atoms with E-state index in [0.717, 1.165) is 95.0 Å². The van der Waals surface area contributed by atoms with Gasteiger partial charge in [0.05, 0.1) is 33.7 Å². The number of aryl methyl sites for hydroxylation is 3. The number of aliphatic hydroxyl groups is 1. The van der Waals surface area contributed by atoms with Gasteiger partial charge >= 0.3 is 11.7 Å². The molecular formula is C57H69F2N9O8. The summed E-state index contributed by atoms with van der Waals surface area (Å²) in [5.41, 5.74) is 1.94. The van der Waals surface area contributed by atoms with Gasteiger partial charge in [-0.05, 0) is 143 Å². The molecule has 0 bridgehead atoms. The molecule has 3 aromatic heterocycles. The Bertz CT molecular complexity index is 3250. The van der Waals surface area contributed by atoms with E-state index >= 15 is 8.78 Å². The average Bonchev–Trinajstić information content (AvgIpc) is 4.12. The Morgan fingerprint density at radius 1 is 0.921 bits per heavy atom. The third-order valence-corrected chi connectivity index (χ3v) is 16.9. The van der Waals surface area contributed by atoms with Crippen LogP contribution in [-0.2, 0) is 39.0 Å². The van der Waals surface area contributed by atoms with Gasteiger partial charge in [-0.15, -0.1) is 0 Å². The highest BCUT2D eigenvalue weighted by Gasteiger charge is 2.50. The molecule has 3 aromatic carbocycles. The summed E-state index contributed by atoms with van der Waals surface area (Å²) in [5, 5.41) is 15.2. The molecule has 6 aromatic rings. The van der Waals surface area contributed by atoms with Crippen LogP contribution in [0.4, 0.5) is 14.6 Å². The van der Waals surface area contributed by atoms with Crippen molar-refractivity contribution in [1.29, 1.82) is 0 Å². The first-order chi connectivity index (χ1) is 36.7. The zero-order valence-electron chi connectivity index (χ0n) is 44.0. The third-order valence-electron chi connectivity index (χ3n) is 16.9. The van der Waals surface area contributed by atoms with Gasteiger partial charge in [0, 0.05) is 77.7 Å². The number of hydrogen-bond donors (Lipinski definition) is 2. The monoisotopic (exact) mass is 1050 g/mol. The minimum Gasteiger partial charge on any atom is -0.468 e. The van der Waals surface area contributed by atoms with Crippen molar-refractivity contribution in [3.8, 4) is 23.0 Å². The number of anilines is 1. The number of carbonyl (C=O) groups is 2. The lowest BCUT2D eigenvalue weighted by Gasteiger charge is -2.39. The zero-order chi connectivity index (χ0) is 52.9. The van der Waals surface area contributed by atoms with Crippen LogP contribution in [0.1, 0.15) is 102 Å². The number of fused-ring (bicyclic) bond motifs is 4. The summed E-state index contributed by atoms with van der Waals surface area (Å²) < 4.78 is 60.2. The summed E-state index contributed by atoms with van der Waals surface area (Å²) in [6.07, 6.45) is 11.6. The number of imide groups is 1. The first-order valence-electron chi connectivity index (χ1n) is 27.2. The van der Waals surface area contributed by atoms with Gasteiger partial charge < -0.3 is 33.9 Å². The van der Waals surface area contributed by atoms with Crippen molar-refractivity contribution in [2.45, 2.75) is 127 Å². The van der Waals surface area contributed by atoms with Crippen molar-refractivity contribution in [2.75, 3.05) is 71.3 Å². The Balaban J connectivity index is 0.746. The first kappa shape index (κ1) is 52.0. The van der Waals surface area contributed by atoms with E-state index in [-0.39, 0.29) is 59.5 Å². The summed E-state index contributed by atoms with van der Waals surface area (Å²) in [6, 6.07) is 12.2. The topological polar surface area (TPSA) is 179 Å². The predicted molar refractivity (Wildman–Crippen MR) is 284 cm³/mol. The normalized spacial score (nSPS) is 23.8. The Labute approximate surface area is 440 Å². The molecule has 76 heavy (non-hydrogen) atoms. The minimum absolute atomic E-state index is 0.000130. The largest absolute Gasteiger partial charge is 0.468 e. The maximum atomic E-state index is 17.5. The Kier molecular flexibility index (Phi) is 14.6. The number of carbonyl (C=O) groups excluding carboxylic acids is 2. The van der Waals surface area contributed by atoms with Crippen molar-refractivity contribution in [3.63, 3.8) is 0 Å². The number of imidazole rings is 1. The quantitative estimate of drug-likeness (QED) is 0.0535. The van der Waals surface area contributed by atoms with E-state index < -0.39 is 23.4 Å². The van der Waals surface area contributed by atoms with Crippen LogP contribution in [-0.4, -0.2) is 140 Å². The Hall–Kier alpha value is -6.12. The number of rotatable bonds is 17. The fourth-order valence-corrected chi connectivity index (χ4v) is 13.0. The van der Waals surface area contributed by atoms with E-state index in [4.69, 9.17) is 33.9 Å². The maximum absolute atomic E-state index is 17.5. The second kappa shape index (κ2) is 21.4. The fraction of sp³-hybridized carbons (Fsp3) is 0.544. The molecule has 4 atom stereocenters. The van der Waals surface area contributed by atoms with Gasteiger partial charge in [-0.3, -0.25) is 33.9 Å². The summed E-state index contributed by atoms with van der Waals surface area (Å²) in [4.78, 5) is 59.3. The number of ether oxygens (including phenoxy) is 4. The van der Waals surface area contributed by atoms with Crippen molar-refractivity contribution in [2.24, 2.45) is 7.05 Å². The number of nitrogens with one attached hydrogen (secondary N) is 1. The number of benzene rings is 3. The summed E-state index contributed by atoms with van der Waals surface area (Å²) in [6.45, 7) is 9.39. The number of amides is 2. The number of pyridine rings is 1. The fourth-order valence-electron chi connectivity index (χ4n) is 13.0. The smallest absolute Gasteiger partial charge is 0.329 e. The van der Waals surface area contributed by atoms with Crippen LogP contribution < -0.4 is 25.4 Å². The highest BCUT2D eigenvalue weighted by Crippen LogP contribution is 2.44. The summed E-state index contributed by atoms with van der Waals surface area (Å²) >= 11 is 0. The van der Waals surface area contributed by atoms with Crippen molar-refractivity contribution in [3.05, 3.63) is 81.9 Å². The van der Waals surface area contributed by atoms with Crippen LogP contribution in [0.25, 0.3) is 44.0 Å². The van der Waals surface area contributed by atoms with Gasteiger partial charge in [0.2, 0.25) is 11.8 Å². The first-order valence-corrected chi connectivity index (χ1v) is 27.2. The molecular weight excluding hydrogens is 977 g/mol. The maximum Gasteiger partial charge on any atom is 0.329 e. The standard InChI is InChI=1S/C57H69F2N9O8/c1-5-40-43(58)12-11-36-28-39(76-34-73-4)29-41(48(36)40)50-49(59)51-42(30-60-50)52(66-22-7-19-56(2,72)32-66)63-54(62-51)75-33-57-20-8-23-67(57)37(16-21-57)31-65-24-17-38(18-25-65)74-26-6-9-35-10-13-44-46(27-35)64(3)55(71)68(44)45-14-15-47(69)61-53(45)70/h10-13,27-30,37-38,45,72H,5-9,14-26,31-34H2,1-4H3,(H,61,69,70)/t37-,45?,56+,57+/m0/s1. The molecule has 17 nitrogen and oxygen atoms in total. The molecule has 5 saturated heterocycles. The molecule has 19 heteroatoms. The highest BCUT2D eigenvalue weighted by molar-refractivity contribution is 6.02. The molecule has 1 unspecified atom stereocenters. The number of halogens is 2. The Morgan fingerprint density at radius 3 is 2.54 bits per heavy atom. The zero-order valence-corrected chi connectivity index (χ0v) is 44.0. The summed E-state index contributed by atoms with van der Waals surface area (Å²) in [5.74, 6) is -0.953. The lowest BCUT2D eigenvalue weighted by molar-refractivity contribution is -0.135. The molecule has 0 radical (unpaired) electrons. The molecule has 2 N–H and O–H groups in total. The van der Waals surface area contributed by atoms with Crippen LogP contribution in [0.5, 0.6) is 11.8 Å². The van der Waals surface area contributed by atoms with E-state index in [0.29, 0.717) is 96.0 Å². The molecule has 11 rings (SSSR count). The summed E-state index contributed by atoms with van der Waals surface area (Å²) in [7, 11) is 3.23. The van der Waals surface area contributed by atoms with Crippen molar-refractivity contribution >= 4 is 50.3 Å². The number of nitrogens with zero attached hydrogens (tertiary/aromatic N) is 8. The van der Waals surface area contributed by atoms with Gasteiger partial charge in [-0.2, -0.15) is 9.97 Å². The van der Waals surface area contributed by atoms with Gasteiger partial charge in [-0.1, -0.05) is 19.1 Å². The average molecular weight is 1050 g/mol. The number of piperidine rings is 3. The molecule has 5 aliphatic heterocycles. The molecule has 0 aliphatic carbocycles. The third kappa shape index (κ3) is 10.0. The minimum atomic E-state index is -0.976. The number of methoxy groups -OCH3 is 1. The number of likely N-dealkylation sites (tertiary alicyclic amines) is 1.